The van der Waals surface area contributed by atoms with Crippen molar-refractivity contribution in [2.45, 2.75) is 45.1 Å². The number of hydrogen-bond acceptors (Lipinski definition) is 5. The largest absolute Gasteiger partial charge is 0.438 e. The molecule has 1 saturated heterocycles. The fourth-order valence-corrected chi connectivity index (χ4v) is 4.31. The molecule has 1 aliphatic heterocycles. The topological polar surface area (TPSA) is 86.9 Å². The lowest BCUT2D eigenvalue weighted by atomic mass is 9.99. The van der Waals surface area contributed by atoms with E-state index in [2.05, 4.69) is 6.92 Å². The first kappa shape index (κ1) is 20.3. The molecular weight excluding hydrogens is 382 g/mol. The van der Waals surface area contributed by atoms with Gasteiger partial charge < -0.3 is 9.32 Å². The molecular formula is C23H27N3O4. The minimum absolute atomic E-state index is 0.00447. The van der Waals surface area contributed by atoms with Crippen LogP contribution in [0.15, 0.2) is 40.8 Å². The fourth-order valence-electron chi connectivity index (χ4n) is 4.31. The standard InChI is InChI=1S/C23H27N3O4/c1-2-3-7-18(14-25(29)15-27)23(28)26-11-6-10-20(26)22-24-19-12-16-8-4-5-9-17(16)13-21(19)30-22/h4-5,8-9,12-13,15,18,20,29H,2-3,6-7,10-11,14H2,1H3/t18-,20+/m1/s1. The summed E-state index contributed by atoms with van der Waals surface area (Å²) < 4.78 is 6.08. The Labute approximate surface area is 175 Å². The molecule has 30 heavy (non-hydrogen) atoms. The molecule has 2 heterocycles. The molecule has 2 amide bonds. The summed E-state index contributed by atoms with van der Waals surface area (Å²) in [4.78, 5) is 30.7. The third kappa shape index (κ3) is 4.03. The van der Waals surface area contributed by atoms with E-state index in [4.69, 9.17) is 9.40 Å². The van der Waals surface area contributed by atoms with Gasteiger partial charge in [0.15, 0.2) is 5.58 Å². The second-order valence-corrected chi connectivity index (χ2v) is 7.98. The van der Waals surface area contributed by atoms with Crippen LogP contribution in [0.3, 0.4) is 0 Å². The number of unbranched alkanes of at least 4 members (excludes halogenated alkanes) is 1. The monoisotopic (exact) mass is 409 g/mol. The van der Waals surface area contributed by atoms with Crippen molar-refractivity contribution in [3.8, 4) is 0 Å². The molecule has 1 N–H and O–H groups in total. The summed E-state index contributed by atoms with van der Waals surface area (Å²) in [7, 11) is 0. The molecule has 2 aromatic carbocycles. The van der Waals surface area contributed by atoms with Gasteiger partial charge in [-0.1, -0.05) is 44.0 Å². The predicted molar refractivity (Wildman–Crippen MR) is 113 cm³/mol. The number of likely N-dealkylation sites (tertiary alicyclic amines) is 1. The highest BCUT2D eigenvalue weighted by atomic mass is 16.5. The Morgan fingerprint density at radius 3 is 2.87 bits per heavy atom. The molecule has 0 aliphatic carbocycles. The highest BCUT2D eigenvalue weighted by Gasteiger charge is 2.37. The van der Waals surface area contributed by atoms with Crippen LogP contribution in [-0.2, 0) is 9.59 Å². The second-order valence-electron chi connectivity index (χ2n) is 7.98. The number of benzene rings is 2. The predicted octanol–water partition coefficient (Wildman–Crippen LogP) is 4.30. The summed E-state index contributed by atoms with van der Waals surface area (Å²) in [6, 6.07) is 11.8. The van der Waals surface area contributed by atoms with E-state index in [1.54, 1.807) is 0 Å². The molecule has 0 radical (unpaired) electrons. The Hall–Kier alpha value is -2.93. The number of carbonyl (C=O) groups excluding carboxylic acids is 2. The molecule has 7 heteroatoms. The van der Waals surface area contributed by atoms with Gasteiger partial charge >= 0.3 is 0 Å². The average Bonchev–Trinajstić information content (AvgIpc) is 3.40. The second kappa shape index (κ2) is 8.83. The van der Waals surface area contributed by atoms with Crippen molar-refractivity contribution >= 4 is 34.2 Å². The third-order valence-electron chi connectivity index (χ3n) is 5.88. The van der Waals surface area contributed by atoms with Crippen molar-refractivity contribution in [2.24, 2.45) is 5.92 Å². The summed E-state index contributed by atoms with van der Waals surface area (Å²) in [5.41, 5.74) is 1.50. The van der Waals surface area contributed by atoms with Gasteiger partial charge in [0, 0.05) is 6.54 Å². The van der Waals surface area contributed by atoms with E-state index in [0.717, 1.165) is 42.0 Å². The smallest absolute Gasteiger partial charge is 0.233 e. The summed E-state index contributed by atoms with van der Waals surface area (Å²) in [6.45, 7) is 2.68. The number of fused-ring (bicyclic) bond motifs is 2. The SMILES string of the molecule is CCCC[C@H](CN(O)C=O)C(=O)N1CCC[C@H]1c1nc2cc3ccccc3cc2o1. The van der Waals surface area contributed by atoms with Crippen LogP contribution in [0.5, 0.6) is 0 Å². The molecule has 7 nitrogen and oxygen atoms in total. The van der Waals surface area contributed by atoms with E-state index in [9.17, 15) is 14.8 Å². The van der Waals surface area contributed by atoms with Gasteiger partial charge in [0.25, 0.3) is 0 Å². The summed E-state index contributed by atoms with van der Waals surface area (Å²) >= 11 is 0. The van der Waals surface area contributed by atoms with Gasteiger partial charge in [-0.15, -0.1) is 0 Å². The number of nitrogens with zero attached hydrogens (tertiary/aromatic N) is 3. The van der Waals surface area contributed by atoms with E-state index in [-0.39, 0.29) is 18.5 Å². The van der Waals surface area contributed by atoms with Gasteiger partial charge in [0.1, 0.15) is 11.6 Å². The molecule has 0 spiro atoms. The van der Waals surface area contributed by atoms with E-state index < -0.39 is 5.92 Å². The quantitative estimate of drug-likeness (QED) is 0.341. The lowest BCUT2D eigenvalue weighted by Crippen LogP contribution is -2.40. The van der Waals surface area contributed by atoms with Crippen LogP contribution in [0.25, 0.3) is 21.9 Å². The summed E-state index contributed by atoms with van der Waals surface area (Å²) in [5, 5.41) is 12.4. The molecule has 4 rings (SSSR count). The highest BCUT2D eigenvalue weighted by molar-refractivity contribution is 5.94. The lowest BCUT2D eigenvalue weighted by Gasteiger charge is -2.28. The van der Waals surface area contributed by atoms with Gasteiger partial charge in [0.2, 0.25) is 18.2 Å². The maximum atomic E-state index is 13.3. The Morgan fingerprint density at radius 2 is 2.13 bits per heavy atom. The van der Waals surface area contributed by atoms with Crippen molar-refractivity contribution in [1.29, 1.82) is 0 Å². The van der Waals surface area contributed by atoms with Crippen LogP contribution in [0.1, 0.15) is 51.0 Å². The minimum Gasteiger partial charge on any atom is -0.438 e. The molecule has 3 aromatic rings. The first-order valence-electron chi connectivity index (χ1n) is 10.6. The molecule has 1 fully saturated rings. The van der Waals surface area contributed by atoms with Gasteiger partial charge in [-0.05, 0) is 42.2 Å². The molecule has 1 aromatic heterocycles. The number of amides is 2. The maximum absolute atomic E-state index is 13.3. The minimum atomic E-state index is -0.437. The van der Waals surface area contributed by atoms with Crippen LogP contribution in [0.4, 0.5) is 0 Å². The Kier molecular flexibility index (Phi) is 5.99. The average molecular weight is 409 g/mol. The molecule has 1 aliphatic rings. The molecule has 0 saturated carbocycles. The van der Waals surface area contributed by atoms with Crippen LogP contribution < -0.4 is 0 Å². The molecule has 0 unspecified atom stereocenters. The van der Waals surface area contributed by atoms with Crippen LogP contribution in [0.2, 0.25) is 0 Å². The summed E-state index contributed by atoms with van der Waals surface area (Å²) in [5.74, 6) is 0.0589. The van der Waals surface area contributed by atoms with E-state index >= 15 is 0 Å². The first-order chi connectivity index (χ1) is 14.6. The number of hydrogen-bond donors (Lipinski definition) is 1. The van der Waals surface area contributed by atoms with E-state index in [1.807, 2.05) is 41.3 Å². The number of carbonyl (C=O) groups is 2. The van der Waals surface area contributed by atoms with Crippen molar-refractivity contribution in [1.82, 2.24) is 14.9 Å². The lowest BCUT2D eigenvalue weighted by molar-refractivity contribution is -0.157. The number of oxazole rings is 1. The van der Waals surface area contributed by atoms with Crippen LogP contribution in [0, 0.1) is 5.92 Å². The van der Waals surface area contributed by atoms with E-state index in [0.29, 0.717) is 35.9 Å². The van der Waals surface area contributed by atoms with Crippen molar-refractivity contribution < 1.29 is 19.2 Å². The highest BCUT2D eigenvalue weighted by Crippen LogP contribution is 2.35. The zero-order valence-corrected chi connectivity index (χ0v) is 17.2. The molecule has 0 bridgehead atoms. The molecule has 2 atom stereocenters. The van der Waals surface area contributed by atoms with Gasteiger partial charge in [-0.3, -0.25) is 14.8 Å². The van der Waals surface area contributed by atoms with Crippen molar-refractivity contribution in [2.75, 3.05) is 13.1 Å². The number of hydroxylamine groups is 2. The van der Waals surface area contributed by atoms with Crippen molar-refractivity contribution in [3.63, 3.8) is 0 Å². The van der Waals surface area contributed by atoms with Gasteiger partial charge in [-0.25, -0.2) is 10.0 Å². The fraction of sp³-hybridized carbons (Fsp3) is 0.435. The van der Waals surface area contributed by atoms with Crippen LogP contribution >= 0.6 is 0 Å². The maximum Gasteiger partial charge on any atom is 0.233 e. The van der Waals surface area contributed by atoms with Crippen LogP contribution in [-0.4, -0.2) is 45.6 Å². The normalized spacial score (nSPS) is 17.5. The van der Waals surface area contributed by atoms with E-state index in [1.165, 1.54) is 0 Å². The Balaban J connectivity index is 1.60. The van der Waals surface area contributed by atoms with Gasteiger partial charge in [-0.2, -0.15) is 0 Å². The first-order valence-corrected chi connectivity index (χ1v) is 10.6. The third-order valence-corrected chi connectivity index (χ3v) is 5.88. The Morgan fingerprint density at radius 1 is 1.37 bits per heavy atom. The zero-order chi connectivity index (χ0) is 21.1. The molecule has 158 valence electrons. The summed E-state index contributed by atoms with van der Waals surface area (Å²) in [6.07, 6.45) is 4.43. The van der Waals surface area contributed by atoms with Crippen molar-refractivity contribution in [3.05, 3.63) is 42.3 Å². The number of rotatable bonds is 8. The Bertz CT molecular complexity index is 995. The number of aromatic nitrogens is 1. The zero-order valence-electron chi connectivity index (χ0n) is 17.2. The van der Waals surface area contributed by atoms with Gasteiger partial charge in [0.05, 0.1) is 12.5 Å².